The predicted molar refractivity (Wildman–Crippen MR) is 76.9 cm³/mol. The minimum atomic E-state index is 0.792. The molecule has 3 nitrogen and oxygen atoms in total. The Kier molecular flexibility index (Phi) is 4.56. The molecule has 17 heavy (non-hydrogen) atoms. The first-order chi connectivity index (χ1) is 8.31. The number of oxazole rings is 1. The fourth-order valence-electron chi connectivity index (χ4n) is 1.58. The third kappa shape index (κ3) is 3.29. The van der Waals surface area contributed by atoms with E-state index in [4.69, 9.17) is 4.42 Å². The quantitative estimate of drug-likeness (QED) is 0.670. The summed E-state index contributed by atoms with van der Waals surface area (Å²) in [6.45, 7) is 3.97. The van der Waals surface area contributed by atoms with Gasteiger partial charge in [0.25, 0.3) is 0 Å². The van der Waals surface area contributed by atoms with E-state index < -0.39 is 0 Å². The Morgan fingerprint density at radius 1 is 1.35 bits per heavy atom. The summed E-state index contributed by atoms with van der Waals surface area (Å²) in [5.41, 5.74) is 1.11. The van der Waals surface area contributed by atoms with Gasteiger partial charge < -0.3 is 9.73 Å². The molecule has 90 valence electrons. The number of nitrogens with one attached hydrogen (secondary N) is 1. The van der Waals surface area contributed by atoms with Gasteiger partial charge in [0.15, 0.2) is 11.7 Å². The van der Waals surface area contributed by atoms with Crippen molar-refractivity contribution in [1.29, 1.82) is 0 Å². The Morgan fingerprint density at radius 3 is 2.94 bits per heavy atom. The van der Waals surface area contributed by atoms with Gasteiger partial charge in [-0.2, -0.15) is 0 Å². The number of benzene rings is 1. The molecule has 1 aromatic heterocycles. The summed E-state index contributed by atoms with van der Waals surface area (Å²) in [4.78, 5) is 4.30. The Bertz CT molecular complexity index is 482. The first kappa shape index (κ1) is 12.6. The lowest BCUT2D eigenvalue weighted by molar-refractivity contribution is 0.497. The van der Waals surface area contributed by atoms with Crippen LogP contribution in [-0.4, -0.2) is 18.1 Å². The summed E-state index contributed by atoms with van der Waals surface area (Å²) in [7, 11) is 0. The summed E-state index contributed by atoms with van der Waals surface area (Å²) in [5.74, 6) is 1.64. The summed E-state index contributed by atoms with van der Waals surface area (Å²) in [6.07, 6.45) is 2.63. The molecule has 0 saturated carbocycles. The zero-order chi connectivity index (χ0) is 12.1. The van der Waals surface area contributed by atoms with Gasteiger partial charge in [0, 0.05) is 22.1 Å². The van der Waals surface area contributed by atoms with Crippen molar-refractivity contribution in [1.82, 2.24) is 10.3 Å². The molecule has 0 unspecified atom stereocenters. The van der Waals surface area contributed by atoms with Gasteiger partial charge in [-0.05, 0) is 35.2 Å². The van der Waals surface area contributed by atoms with E-state index >= 15 is 0 Å². The largest absolute Gasteiger partial charge is 0.441 e. The van der Waals surface area contributed by atoms with Gasteiger partial charge in [-0.15, -0.1) is 0 Å². The molecular formula is C13H15IN2O. The Morgan fingerprint density at radius 2 is 2.18 bits per heavy atom. The molecule has 0 atom stereocenters. The summed E-state index contributed by atoms with van der Waals surface area (Å²) in [5, 5.41) is 3.26. The van der Waals surface area contributed by atoms with Crippen molar-refractivity contribution in [3.05, 3.63) is 39.9 Å². The Hall–Kier alpha value is -0.880. The van der Waals surface area contributed by atoms with Gasteiger partial charge in [-0.1, -0.05) is 25.1 Å². The summed E-state index contributed by atoms with van der Waals surface area (Å²) in [6, 6.07) is 8.15. The first-order valence-electron chi connectivity index (χ1n) is 5.71. The molecule has 0 radical (unpaired) electrons. The van der Waals surface area contributed by atoms with E-state index in [1.54, 1.807) is 6.20 Å². The first-order valence-corrected chi connectivity index (χ1v) is 6.79. The fourth-order valence-corrected chi connectivity index (χ4v) is 2.24. The van der Waals surface area contributed by atoms with Crippen LogP contribution in [0.5, 0.6) is 0 Å². The van der Waals surface area contributed by atoms with E-state index in [-0.39, 0.29) is 0 Å². The number of rotatable bonds is 5. The topological polar surface area (TPSA) is 38.1 Å². The van der Waals surface area contributed by atoms with Crippen molar-refractivity contribution >= 4 is 22.6 Å². The lowest BCUT2D eigenvalue weighted by atomic mass is 10.2. The second-order valence-corrected chi connectivity index (χ2v) is 4.86. The van der Waals surface area contributed by atoms with Crippen molar-refractivity contribution in [2.45, 2.75) is 13.3 Å². The number of nitrogens with zero attached hydrogens (tertiary/aromatic N) is 1. The standard InChI is InChI=1S/C13H15IN2O/c1-2-15-8-7-13-16-9-12(17-13)10-5-3-4-6-11(10)14/h3-6,9,15H,2,7-8H2,1H3. The third-order valence-corrected chi connectivity index (χ3v) is 3.40. The molecule has 0 saturated heterocycles. The van der Waals surface area contributed by atoms with Crippen LogP contribution in [0.3, 0.4) is 0 Å². The molecule has 4 heteroatoms. The van der Waals surface area contributed by atoms with Crippen molar-refractivity contribution in [2.24, 2.45) is 0 Å². The van der Waals surface area contributed by atoms with Crippen molar-refractivity contribution in [3.63, 3.8) is 0 Å². The number of hydrogen-bond acceptors (Lipinski definition) is 3. The third-order valence-electron chi connectivity index (χ3n) is 2.46. The van der Waals surface area contributed by atoms with Crippen LogP contribution in [0.25, 0.3) is 11.3 Å². The van der Waals surface area contributed by atoms with Crippen LogP contribution >= 0.6 is 22.6 Å². The monoisotopic (exact) mass is 342 g/mol. The SMILES string of the molecule is CCNCCc1ncc(-c2ccccc2I)o1. The Balaban J connectivity index is 2.10. The Labute approximate surface area is 115 Å². The van der Waals surface area contributed by atoms with Crippen molar-refractivity contribution < 1.29 is 4.42 Å². The van der Waals surface area contributed by atoms with Crippen LogP contribution < -0.4 is 5.32 Å². The van der Waals surface area contributed by atoms with Gasteiger partial charge in [0.2, 0.25) is 0 Å². The van der Waals surface area contributed by atoms with Crippen LogP contribution in [0, 0.1) is 3.57 Å². The van der Waals surface area contributed by atoms with Crippen LogP contribution in [0.15, 0.2) is 34.9 Å². The van der Waals surface area contributed by atoms with E-state index in [1.807, 2.05) is 12.1 Å². The number of hydrogen-bond donors (Lipinski definition) is 1. The highest BCUT2D eigenvalue weighted by atomic mass is 127. The molecule has 2 rings (SSSR count). The number of likely N-dealkylation sites (N-methyl/N-ethyl adjacent to an activating group) is 1. The summed E-state index contributed by atoms with van der Waals surface area (Å²) >= 11 is 2.31. The smallest absolute Gasteiger partial charge is 0.196 e. The molecule has 0 aliphatic carbocycles. The highest BCUT2D eigenvalue weighted by Gasteiger charge is 2.08. The molecule has 2 aromatic rings. The maximum absolute atomic E-state index is 5.74. The van der Waals surface area contributed by atoms with Crippen molar-refractivity contribution in [2.75, 3.05) is 13.1 Å². The molecule has 0 bridgehead atoms. The average molecular weight is 342 g/mol. The lowest BCUT2D eigenvalue weighted by Gasteiger charge is -1.99. The van der Waals surface area contributed by atoms with E-state index in [2.05, 4.69) is 51.9 Å². The normalized spacial score (nSPS) is 10.7. The van der Waals surface area contributed by atoms with Crippen LogP contribution in [0.4, 0.5) is 0 Å². The molecular weight excluding hydrogens is 327 g/mol. The van der Waals surface area contributed by atoms with Gasteiger partial charge in [0.05, 0.1) is 6.20 Å². The van der Waals surface area contributed by atoms with E-state index in [1.165, 1.54) is 3.57 Å². The number of aromatic nitrogens is 1. The molecule has 0 amide bonds. The molecule has 1 heterocycles. The molecule has 0 aliphatic heterocycles. The highest BCUT2D eigenvalue weighted by Crippen LogP contribution is 2.25. The highest BCUT2D eigenvalue weighted by molar-refractivity contribution is 14.1. The zero-order valence-electron chi connectivity index (χ0n) is 9.74. The zero-order valence-corrected chi connectivity index (χ0v) is 11.9. The minimum Gasteiger partial charge on any atom is -0.441 e. The van der Waals surface area contributed by atoms with Gasteiger partial charge in [0.1, 0.15) is 0 Å². The molecule has 0 spiro atoms. The van der Waals surface area contributed by atoms with Gasteiger partial charge >= 0.3 is 0 Å². The van der Waals surface area contributed by atoms with Crippen LogP contribution in [0.2, 0.25) is 0 Å². The van der Waals surface area contributed by atoms with E-state index in [9.17, 15) is 0 Å². The second-order valence-electron chi connectivity index (χ2n) is 3.70. The average Bonchev–Trinajstić information content (AvgIpc) is 2.79. The molecule has 0 aliphatic rings. The second kappa shape index (κ2) is 6.16. The van der Waals surface area contributed by atoms with Gasteiger partial charge in [-0.25, -0.2) is 4.98 Å². The number of halogens is 1. The molecule has 0 fully saturated rings. The summed E-state index contributed by atoms with van der Waals surface area (Å²) < 4.78 is 6.92. The fraction of sp³-hybridized carbons (Fsp3) is 0.308. The minimum absolute atomic E-state index is 0.792. The van der Waals surface area contributed by atoms with Gasteiger partial charge in [-0.3, -0.25) is 0 Å². The van der Waals surface area contributed by atoms with Crippen LogP contribution in [-0.2, 0) is 6.42 Å². The lowest BCUT2D eigenvalue weighted by Crippen LogP contribution is -2.16. The maximum Gasteiger partial charge on any atom is 0.196 e. The predicted octanol–water partition coefficient (Wildman–Crippen LogP) is 3.10. The van der Waals surface area contributed by atoms with E-state index in [0.29, 0.717) is 0 Å². The van der Waals surface area contributed by atoms with Crippen LogP contribution in [0.1, 0.15) is 12.8 Å². The molecule has 1 aromatic carbocycles. The maximum atomic E-state index is 5.74. The van der Waals surface area contributed by atoms with Crippen molar-refractivity contribution in [3.8, 4) is 11.3 Å². The van der Waals surface area contributed by atoms with E-state index in [0.717, 1.165) is 36.7 Å². The molecule has 1 N–H and O–H groups in total.